The Bertz CT molecular complexity index is 609. The van der Waals surface area contributed by atoms with Crippen LogP contribution in [0.5, 0.6) is 0 Å². The van der Waals surface area contributed by atoms with Crippen LogP contribution in [-0.4, -0.2) is 26.3 Å². The standard InChI is InChI=1S/C15H17N3O2/c1-9-7-11(12(8-9)15(19)20)14-16-13(17-18-14)10-5-3-2-4-6-10/h2-6,9,11-12H,7-8H2,1H3,(H,19,20)(H,16,17,18). The smallest absolute Gasteiger partial charge is 0.307 e. The molecular formula is C15H17N3O2. The van der Waals surface area contributed by atoms with Gasteiger partial charge in [-0.1, -0.05) is 37.3 Å². The molecule has 0 bridgehead atoms. The summed E-state index contributed by atoms with van der Waals surface area (Å²) < 4.78 is 0. The van der Waals surface area contributed by atoms with Crippen LogP contribution in [0.25, 0.3) is 11.4 Å². The second-order valence-corrected chi connectivity index (χ2v) is 5.54. The van der Waals surface area contributed by atoms with Gasteiger partial charge < -0.3 is 5.11 Å². The Morgan fingerprint density at radius 3 is 2.75 bits per heavy atom. The summed E-state index contributed by atoms with van der Waals surface area (Å²) in [4.78, 5) is 15.8. The molecule has 3 unspecified atom stereocenters. The maximum absolute atomic E-state index is 11.3. The second-order valence-electron chi connectivity index (χ2n) is 5.54. The lowest BCUT2D eigenvalue weighted by Gasteiger charge is -2.11. The first kappa shape index (κ1) is 12.8. The fourth-order valence-corrected chi connectivity index (χ4v) is 3.02. The van der Waals surface area contributed by atoms with Gasteiger partial charge in [0, 0.05) is 11.5 Å². The molecule has 1 aliphatic rings. The number of aromatic nitrogens is 3. The van der Waals surface area contributed by atoms with E-state index in [0.717, 1.165) is 12.0 Å². The van der Waals surface area contributed by atoms with Gasteiger partial charge in [0.2, 0.25) is 0 Å². The molecule has 0 amide bonds. The number of hydrogen-bond acceptors (Lipinski definition) is 3. The summed E-state index contributed by atoms with van der Waals surface area (Å²) in [6.45, 7) is 2.09. The maximum Gasteiger partial charge on any atom is 0.307 e. The number of H-pyrrole nitrogens is 1. The van der Waals surface area contributed by atoms with Crippen molar-refractivity contribution >= 4 is 5.97 Å². The third-order valence-corrected chi connectivity index (χ3v) is 4.00. The molecule has 2 N–H and O–H groups in total. The van der Waals surface area contributed by atoms with Gasteiger partial charge in [-0.3, -0.25) is 9.89 Å². The highest BCUT2D eigenvalue weighted by molar-refractivity contribution is 5.71. The van der Waals surface area contributed by atoms with Gasteiger partial charge in [-0.2, -0.15) is 5.10 Å². The minimum absolute atomic E-state index is 0.0625. The normalized spacial score (nSPS) is 25.8. The number of nitrogens with zero attached hydrogens (tertiary/aromatic N) is 2. The first-order valence-corrected chi connectivity index (χ1v) is 6.85. The summed E-state index contributed by atoms with van der Waals surface area (Å²) >= 11 is 0. The highest BCUT2D eigenvalue weighted by Crippen LogP contribution is 2.42. The van der Waals surface area contributed by atoms with Crippen molar-refractivity contribution in [3.8, 4) is 11.4 Å². The topological polar surface area (TPSA) is 78.9 Å². The summed E-state index contributed by atoms with van der Waals surface area (Å²) in [6.07, 6.45) is 1.56. The number of carboxylic acids is 1. The van der Waals surface area contributed by atoms with Crippen LogP contribution in [-0.2, 0) is 4.79 Å². The Morgan fingerprint density at radius 1 is 1.30 bits per heavy atom. The van der Waals surface area contributed by atoms with E-state index < -0.39 is 5.97 Å². The molecule has 20 heavy (non-hydrogen) atoms. The monoisotopic (exact) mass is 271 g/mol. The lowest BCUT2D eigenvalue weighted by atomic mass is 9.96. The zero-order chi connectivity index (χ0) is 14.1. The minimum Gasteiger partial charge on any atom is -0.481 e. The fourth-order valence-electron chi connectivity index (χ4n) is 3.02. The number of carbonyl (C=O) groups is 1. The van der Waals surface area contributed by atoms with Crippen molar-refractivity contribution in [1.82, 2.24) is 15.2 Å². The van der Waals surface area contributed by atoms with Crippen LogP contribution in [0.3, 0.4) is 0 Å². The SMILES string of the molecule is CC1CC(C(=O)O)C(c2nc(-c3ccccc3)n[nH]2)C1. The zero-order valence-electron chi connectivity index (χ0n) is 11.3. The van der Waals surface area contributed by atoms with E-state index in [9.17, 15) is 9.90 Å². The van der Waals surface area contributed by atoms with Crippen molar-refractivity contribution in [3.05, 3.63) is 36.2 Å². The molecule has 104 valence electrons. The average Bonchev–Trinajstić information content (AvgIpc) is 3.06. The molecule has 1 aromatic carbocycles. The third-order valence-electron chi connectivity index (χ3n) is 4.00. The van der Waals surface area contributed by atoms with Crippen LogP contribution in [0.1, 0.15) is 31.5 Å². The molecule has 0 radical (unpaired) electrons. The molecule has 5 heteroatoms. The lowest BCUT2D eigenvalue weighted by Crippen LogP contribution is -2.17. The predicted molar refractivity (Wildman–Crippen MR) is 74.1 cm³/mol. The Morgan fingerprint density at radius 2 is 2.05 bits per heavy atom. The number of aromatic amines is 1. The quantitative estimate of drug-likeness (QED) is 0.899. The summed E-state index contributed by atoms with van der Waals surface area (Å²) in [5.74, 6) is 0.572. The van der Waals surface area contributed by atoms with Gasteiger partial charge >= 0.3 is 5.97 Å². The number of nitrogens with one attached hydrogen (secondary N) is 1. The van der Waals surface area contributed by atoms with E-state index in [1.54, 1.807) is 0 Å². The van der Waals surface area contributed by atoms with E-state index in [2.05, 4.69) is 22.1 Å². The Kier molecular flexibility index (Phi) is 3.26. The number of hydrogen-bond donors (Lipinski definition) is 2. The Hall–Kier alpha value is -2.17. The molecular weight excluding hydrogens is 254 g/mol. The highest BCUT2D eigenvalue weighted by Gasteiger charge is 2.39. The Balaban J connectivity index is 1.88. The molecule has 1 aromatic heterocycles. The van der Waals surface area contributed by atoms with E-state index in [0.29, 0.717) is 24.0 Å². The number of benzene rings is 1. The largest absolute Gasteiger partial charge is 0.481 e. The van der Waals surface area contributed by atoms with Crippen molar-refractivity contribution < 1.29 is 9.90 Å². The van der Waals surface area contributed by atoms with Gasteiger partial charge in [-0.05, 0) is 18.8 Å². The third kappa shape index (κ3) is 2.31. The van der Waals surface area contributed by atoms with Gasteiger partial charge in [0.15, 0.2) is 5.82 Å². The van der Waals surface area contributed by atoms with Crippen LogP contribution in [0.15, 0.2) is 30.3 Å². The van der Waals surface area contributed by atoms with Crippen molar-refractivity contribution in [2.75, 3.05) is 0 Å². The first-order valence-electron chi connectivity index (χ1n) is 6.85. The van der Waals surface area contributed by atoms with Crippen LogP contribution in [0.2, 0.25) is 0 Å². The van der Waals surface area contributed by atoms with Gasteiger partial charge in [-0.15, -0.1) is 0 Å². The first-order chi connectivity index (χ1) is 9.65. The zero-order valence-corrected chi connectivity index (χ0v) is 11.3. The number of rotatable bonds is 3. The minimum atomic E-state index is -0.739. The molecule has 5 nitrogen and oxygen atoms in total. The summed E-state index contributed by atoms with van der Waals surface area (Å²) in [5, 5.41) is 16.5. The van der Waals surface area contributed by atoms with E-state index in [-0.39, 0.29) is 11.8 Å². The predicted octanol–water partition coefficient (Wildman–Crippen LogP) is 2.69. The molecule has 2 aromatic rings. The molecule has 0 saturated heterocycles. The van der Waals surface area contributed by atoms with Crippen LogP contribution >= 0.6 is 0 Å². The van der Waals surface area contributed by atoms with Crippen molar-refractivity contribution in [1.29, 1.82) is 0 Å². The molecule has 3 rings (SSSR count). The van der Waals surface area contributed by atoms with Gasteiger partial charge in [0.05, 0.1) is 5.92 Å². The lowest BCUT2D eigenvalue weighted by molar-refractivity contribution is -0.142. The fraction of sp³-hybridized carbons (Fsp3) is 0.400. The van der Waals surface area contributed by atoms with Crippen LogP contribution in [0, 0.1) is 11.8 Å². The van der Waals surface area contributed by atoms with Gasteiger partial charge in [-0.25, -0.2) is 4.98 Å². The van der Waals surface area contributed by atoms with Crippen molar-refractivity contribution in [2.45, 2.75) is 25.7 Å². The van der Waals surface area contributed by atoms with E-state index in [1.165, 1.54) is 0 Å². The van der Waals surface area contributed by atoms with Gasteiger partial charge in [0.1, 0.15) is 5.82 Å². The maximum atomic E-state index is 11.3. The van der Waals surface area contributed by atoms with Crippen LogP contribution in [0.4, 0.5) is 0 Å². The van der Waals surface area contributed by atoms with Crippen LogP contribution < -0.4 is 0 Å². The van der Waals surface area contributed by atoms with Crippen molar-refractivity contribution in [3.63, 3.8) is 0 Å². The highest BCUT2D eigenvalue weighted by atomic mass is 16.4. The molecule has 0 spiro atoms. The van der Waals surface area contributed by atoms with E-state index in [1.807, 2.05) is 30.3 Å². The average molecular weight is 271 g/mol. The van der Waals surface area contributed by atoms with E-state index >= 15 is 0 Å². The molecule has 1 saturated carbocycles. The molecule has 1 heterocycles. The molecule has 1 aliphatic carbocycles. The molecule has 3 atom stereocenters. The van der Waals surface area contributed by atoms with E-state index in [4.69, 9.17) is 0 Å². The second kappa shape index (κ2) is 5.07. The summed E-state index contributed by atoms with van der Waals surface area (Å²) in [7, 11) is 0. The number of aliphatic carboxylic acids is 1. The van der Waals surface area contributed by atoms with Crippen molar-refractivity contribution in [2.24, 2.45) is 11.8 Å². The summed E-state index contributed by atoms with van der Waals surface area (Å²) in [6, 6.07) is 9.69. The Labute approximate surface area is 117 Å². The molecule has 0 aliphatic heterocycles. The van der Waals surface area contributed by atoms with Gasteiger partial charge in [0.25, 0.3) is 0 Å². The summed E-state index contributed by atoms with van der Waals surface area (Å²) in [5.41, 5.74) is 0.938. The molecule has 1 fully saturated rings. The number of carboxylic acid groups (broad SMARTS) is 1.